The Balaban J connectivity index is 2.09. The largest absolute Gasteiger partial charge is 0.406 e. The van der Waals surface area contributed by atoms with E-state index < -0.39 is 43.0 Å². The van der Waals surface area contributed by atoms with E-state index >= 15 is 0 Å². The number of ether oxygens (including phenoxy) is 2. The van der Waals surface area contributed by atoms with Crippen molar-refractivity contribution in [2.24, 2.45) is 0 Å². The van der Waals surface area contributed by atoms with Crippen molar-refractivity contribution in [3.05, 3.63) is 0 Å². The maximum Gasteiger partial charge on any atom is 0.357 e. The third-order valence-corrected chi connectivity index (χ3v) is 5.67. The molecule has 0 aromatic carbocycles. The molecule has 0 aromatic heterocycles. The summed E-state index contributed by atoms with van der Waals surface area (Å²) in [6, 6.07) is 0. The van der Waals surface area contributed by atoms with Gasteiger partial charge in [0, 0.05) is 6.42 Å². The van der Waals surface area contributed by atoms with E-state index in [9.17, 15) is 25.2 Å². The Morgan fingerprint density at radius 1 is 0.833 bits per heavy atom. The second kappa shape index (κ2) is 15.1. The van der Waals surface area contributed by atoms with Crippen molar-refractivity contribution in [3.8, 4) is 0 Å². The molecule has 8 nitrogen and oxygen atoms in total. The first kappa shape index (κ1) is 27.3. The molecule has 0 unspecified atom stereocenters. The van der Waals surface area contributed by atoms with E-state index in [4.69, 9.17) is 14.6 Å². The van der Waals surface area contributed by atoms with Crippen LogP contribution in [0.1, 0.15) is 96.8 Å². The molecule has 0 aliphatic carbocycles. The highest BCUT2D eigenvalue weighted by atomic mass is 16.8. The molecule has 0 spiro atoms. The molecule has 5 atom stereocenters. The predicted molar refractivity (Wildman–Crippen MR) is 111 cm³/mol. The van der Waals surface area contributed by atoms with Gasteiger partial charge in [0.1, 0.15) is 18.3 Å². The molecule has 0 amide bonds. The van der Waals surface area contributed by atoms with Crippen molar-refractivity contribution in [2.45, 2.75) is 127 Å². The van der Waals surface area contributed by atoms with Gasteiger partial charge in [0.05, 0.1) is 6.61 Å². The molecule has 0 radical (unpaired) electrons. The molecule has 1 saturated heterocycles. The fourth-order valence-corrected chi connectivity index (χ4v) is 3.71. The molecule has 5 N–H and O–H groups in total. The average Bonchev–Trinajstić information content (AvgIpc) is 2.72. The Morgan fingerprint density at radius 3 is 1.77 bits per heavy atom. The normalized spacial score (nSPS) is 29.1. The minimum atomic E-state index is -2.79. The van der Waals surface area contributed by atoms with Crippen molar-refractivity contribution in [1.82, 2.24) is 0 Å². The van der Waals surface area contributed by atoms with Crippen LogP contribution in [-0.2, 0) is 14.3 Å². The SMILES string of the molecule is CCCCCCCCCCCCCCCC(=O)O[C@@]1(O)O[C@H](CO)[C@@H](O)[C@H](O)[C@@H]1O. The van der Waals surface area contributed by atoms with Crippen molar-refractivity contribution in [2.75, 3.05) is 6.61 Å². The summed E-state index contributed by atoms with van der Waals surface area (Å²) in [5.74, 6) is -3.57. The van der Waals surface area contributed by atoms with Crippen LogP contribution in [-0.4, -0.2) is 68.5 Å². The third kappa shape index (κ3) is 9.58. The summed E-state index contributed by atoms with van der Waals surface area (Å²) in [4.78, 5) is 12.0. The molecule has 30 heavy (non-hydrogen) atoms. The lowest BCUT2D eigenvalue weighted by Gasteiger charge is -2.43. The summed E-state index contributed by atoms with van der Waals surface area (Å²) in [7, 11) is 0. The van der Waals surface area contributed by atoms with Gasteiger partial charge in [-0.2, -0.15) is 0 Å². The predicted octanol–water partition coefficient (Wildman–Crippen LogP) is 2.13. The molecule has 1 aliphatic rings. The van der Waals surface area contributed by atoms with Gasteiger partial charge in [-0.3, -0.25) is 4.79 Å². The standard InChI is InChI=1S/C22H42O8/c1-2-3-4-5-6-7-8-9-10-11-12-13-14-15-18(24)30-22(28)21(27)20(26)19(25)17(16-23)29-22/h17,19-21,23,25-28H,2-16H2,1H3/t17-,19-,20+,21+,22+/m1/s1. The lowest BCUT2D eigenvalue weighted by molar-refractivity contribution is -0.434. The minimum absolute atomic E-state index is 0.0403. The Hall–Kier alpha value is -0.770. The fraction of sp³-hybridized carbons (Fsp3) is 0.955. The number of hydrogen-bond acceptors (Lipinski definition) is 8. The maximum absolute atomic E-state index is 12.0. The summed E-state index contributed by atoms with van der Waals surface area (Å²) < 4.78 is 9.72. The zero-order chi connectivity index (χ0) is 22.4. The van der Waals surface area contributed by atoms with E-state index in [1.807, 2.05) is 0 Å². The number of esters is 1. The summed E-state index contributed by atoms with van der Waals surface area (Å²) >= 11 is 0. The summed E-state index contributed by atoms with van der Waals surface area (Å²) in [5.41, 5.74) is 0. The summed E-state index contributed by atoms with van der Waals surface area (Å²) in [6.45, 7) is 1.51. The van der Waals surface area contributed by atoms with Gasteiger partial charge >= 0.3 is 11.9 Å². The van der Waals surface area contributed by atoms with Crippen molar-refractivity contribution >= 4 is 5.97 Å². The molecule has 1 fully saturated rings. The summed E-state index contributed by atoms with van der Waals surface area (Å²) in [6.07, 6.45) is 8.49. The van der Waals surface area contributed by atoms with E-state index in [2.05, 4.69) is 6.92 Å². The van der Waals surface area contributed by atoms with Crippen molar-refractivity contribution in [1.29, 1.82) is 0 Å². The molecular formula is C22H42O8. The van der Waals surface area contributed by atoms with Crippen LogP contribution in [0.25, 0.3) is 0 Å². The monoisotopic (exact) mass is 434 g/mol. The van der Waals surface area contributed by atoms with Gasteiger partial charge in [-0.15, -0.1) is 0 Å². The van der Waals surface area contributed by atoms with Crippen LogP contribution < -0.4 is 0 Å². The topological polar surface area (TPSA) is 137 Å². The molecule has 178 valence electrons. The van der Waals surface area contributed by atoms with Gasteiger partial charge in [-0.1, -0.05) is 84.0 Å². The van der Waals surface area contributed by atoms with Crippen LogP contribution in [0.3, 0.4) is 0 Å². The smallest absolute Gasteiger partial charge is 0.357 e. The summed E-state index contributed by atoms with van der Waals surface area (Å²) in [5, 5.41) is 48.6. The molecule has 0 aromatic rings. The highest BCUT2D eigenvalue weighted by Gasteiger charge is 2.55. The van der Waals surface area contributed by atoms with E-state index in [1.165, 1.54) is 57.8 Å². The van der Waals surface area contributed by atoms with Gasteiger partial charge in [0.2, 0.25) is 0 Å². The average molecular weight is 435 g/mol. The fourth-order valence-electron chi connectivity index (χ4n) is 3.71. The van der Waals surface area contributed by atoms with Crippen LogP contribution in [0.2, 0.25) is 0 Å². The molecule has 8 heteroatoms. The quantitative estimate of drug-likeness (QED) is 0.142. The number of aliphatic hydroxyl groups is 5. The Labute approximate surface area is 180 Å². The first-order valence-electron chi connectivity index (χ1n) is 11.6. The zero-order valence-corrected chi connectivity index (χ0v) is 18.4. The zero-order valence-electron chi connectivity index (χ0n) is 18.4. The van der Waals surface area contributed by atoms with Crippen molar-refractivity contribution in [3.63, 3.8) is 0 Å². The molecule has 0 bridgehead atoms. The lowest BCUT2D eigenvalue weighted by atomic mass is 9.98. The lowest BCUT2D eigenvalue weighted by Crippen LogP contribution is -2.66. The Morgan fingerprint density at radius 2 is 1.30 bits per heavy atom. The van der Waals surface area contributed by atoms with Gasteiger partial charge in [-0.05, 0) is 6.42 Å². The minimum Gasteiger partial charge on any atom is -0.406 e. The Bertz CT molecular complexity index is 458. The van der Waals surface area contributed by atoms with E-state index in [1.54, 1.807) is 0 Å². The van der Waals surface area contributed by atoms with Gasteiger partial charge < -0.3 is 35.0 Å². The van der Waals surface area contributed by atoms with E-state index in [-0.39, 0.29) is 6.42 Å². The van der Waals surface area contributed by atoms with Crippen LogP contribution >= 0.6 is 0 Å². The third-order valence-electron chi connectivity index (χ3n) is 5.67. The van der Waals surface area contributed by atoms with Crippen LogP contribution in [0.4, 0.5) is 0 Å². The van der Waals surface area contributed by atoms with Crippen molar-refractivity contribution < 1.29 is 39.8 Å². The molecule has 1 aliphatic heterocycles. The first-order valence-corrected chi connectivity index (χ1v) is 11.6. The number of rotatable bonds is 16. The highest BCUT2D eigenvalue weighted by molar-refractivity contribution is 5.69. The molecular weight excluding hydrogens is 392 g/mol. The first-order chi connectivity index (χ1) is 14.4. The number of aliphatic hydroxyl groups excluding tert-OH is 4. The van der Waals surface area contributed by atoms with Gasteiger partial charge in [-0.25, -0.2) is 0 Å². The highest BCUT2D eigenvalue weighted by Crippen LogP contribution is 2.29. The molecule has 1 heterocycles. The van der Waals surface area contributed by atoms with Crippen LogP contribution in [0.5, 0.6) is 0 Å². The second-order valence-corrected chi connectivity index (χ2v) is 8.36. The molecule has 0 saturated carbocycles. The number of carbonyl (C=O) groups excluding carboxylic acids is 1. The Kier molecular flexibility index (Phi) is 13.7. The maximum atomic E-state index is 12.0. The van der Waals surface area contributed by atoms with Crippen LogP contribution in [0.15, 0.2) is 0 Å². The van der Waals surface area contributed by atoms with Gasteiger partial charge in [0.15, 0.2) is 6.10 Å². The molecule has 1 rings (SSSR count). The second-order valence-electron chi connectivity index (χ2n) is 8.36. The number of hydrogen-bond donors (Lipinski definition) is 5. The number of carbonyl (C=O) groups is 1. The van der Waals surface area contributed by atoms with E-state index in [0.717, 1.165) is 19.3 Å². The van der Waals surface area contributed by atoms with Gasteiger partial charge in [0.25, 0.3) is 0 Å². The van der Waals surface area contributed by atoms with E-state index in [0.29, 0.717) is 6.42 Å². The number of unbranched alkanes of at least 4 members (excludes halogenated alkanes) is 12. The van der Waals surface area contributed by atoms with Crippen LogP contribution in [0, 0.1) is 0 Å².